The first-order chi connectivity index (χ1) is 19.2. The zero-order valence-electron chi connectivity index (χ0n) is 24.5. The molecule has 40 heavy (non-hydrogen) atoms. The van der Waals surface area contributed by atoms with E-state index in [4.69, 9.17) is 9.47 Å². The van der Waals surface area contributed by atoms with Crippen molar-refractivity contribution in [2.24, 2.45) is 0 Å². The number of nitrogens with one attached hydrogen (secondary N) is 1. The van der Waals surface area contributed by atoms with E-state index in [0.29, 0.717) is 12.7 Å². The number of fused-ring (bicyclic) bond motifs is 1. The number of hydrogen-bond donors (Lipinski definition) is 1. The minimum atomic E-state index is -0.228. The van der Waals surface area contributed by atoms with Crippen molar-refractivity contribution in [3.63, 3.8) is 0 Å². The second-order valence-electron chi connectivity index (χ2n) is 12.1. The molecule has 1 saturated carbocycles. The van der Waals surface area contributed by atoms with E-state index in [1.807, 2.05) is 18.9 Å². The fourth-order valence-corrected chi connectivity index (χ4v) is 5.74. The number of benzene rings is 3. The van der Waals surface area contributed by atoms with Crippen LogP contribution >= 0.6 is 0 Å². The smallest absolute Gasteiger partial charge is 0.320 e. The fraction of sp³-hybridized carbons (Fsp3) is 0.400. The van der Waals surface area contributed by atoms with Crippen LogP contribution in [0.25, 0.3) is 22.0 Å². The molecule has 0 spiro atoms. The number of aromatic nitrogens is 1. The van der Waals surface area contributed by atoms with Crippen molar-refractivity contribution in [2.45, 2.75) is 70.9 Å². The Labute approximate surface area is 238 Å². The number of esters is 1. The molecule has 1 aliphatic carbocycles. The fourth-order valence-electron chi connectivity index (χ4n) is 5.74. The van der Waals surface area contributed by atoms with Gasteiger partial charge in [0.15, 0.2) is 0 Å². The van der Waals surface area contributed by atoms with Crippen LogP contribution in [0.15, 0.2) is 72.8 Å². The SMILES string of the molecule is CCOC(=O)CN(C)C(c1ccc(OC2CCCC2)cc1)c1cc2cc(-c3ccc(C(C)(C)C)cc3)ccc2[nH]1. The van der Waals surface area contributed by atoms with E-state index in [2.05, 4.69) is 98.6 Å². The van der Waals surface area contributed by atoms with Crippen molar-refractivity contribution in [3.05, 3.63) is 89.6 Å². The Bertz CT molecular complexity index is 1420. The Kier molecular flexibility index (Phi) is 8.32. The summed E-state index contributed by atoms with van der Waals surface area (Å²) in [5.41, 5.74) is 7.04. The molecule has 1 heterocycles. The van der Waals surface area contributed by atoms with Gasteiger partial charge in [-0.1, -0.05) is 63.2 Å². The van der Waals surface area contributed by atoms with Crippen LogP contribution in [0.4, 0.5) is 0 Å². The van der Waals surface area contributed by atoms with E-state index < -0.39 is 0 Å². The van der Waals surface area contributed by atoms with Crippen LogP contribution in [0.3, 0.4) is 0 Å². The van der Waals surface area contributed by atoms with Gasteiger partial charge in [-0.2, -0.15) is 0 Å². The molecular weight excluding hydrogens is 496 g/mol. The summed E-state index contributed by atoms with van der Waals surface area (Å²) >= 11 is 0. The first-order valence-corrected chi connectivity index (χ1v) is 14.6. The van der Waals surface area contributed by atoms with Gasteiger partial charge in [0.1, 0.15) is 5.75 Å². The third-order valence-electron chi connectivity index (χ3n) is 7.95. The van der Waals surface area contributed by atoms with Gasteiger partial charge in [0.05, 0.1) is 25.3 Å². The zero-order valence-corrected chi connectivity index (χ0v) is 24.5. The van der Waals surface area contributed by atoms with E-state index in [1.54, 1.807) is 0 Å². The maximum absolute atomic E-state index is 12.4. The molecule has 4 aromatic rings. The summed E-state index contributed by atoms with van der Waals surface area (Å²) in [6.07, 6.45) is 5.07. The van der Waals surface area contributed by atoms with Crippen molar-refractivity contribution in [3.8, 4) is 16.9 Å². The molecule has 1 fully saturated rings. The largest absolute Gasteiger partial charge is 0.490 e. The Hall–Kier alpha value is -3.57. The molecule has 5 rings (SSSR count). The normalized spacial score (nSPS) is 15.1. The predicted molar refractivity (Wildman–Crippen MR) is 163 cm³/mol. The van der Waals surface area contributed by atoms with Crippen LogP contribution in [-0.2, 0) is 14.9 Å². The number of carbonyl (C=O) groups is 1. The van der Waals surface area contributed by atoms with E-state index in [1.165, 1.54) is 29.5 Å². The summed E-state index contributed by atoms with van der Waals surface area (Å²) in [6.45, 7) is 9.11. The number of rotatable bonds is 9. The summed E-state index contributed by atoms with van der Waals surface area (Å²) in [4.78, 5) is 18.1. The third kappa shape index (κ3) is 6.42. The standard InChI is InChI=1S/C35H42N2O3/c1-6-39-33(38)23-37(5)34(25-13-18-30(19-14-25)40-29-9-7-8-10-29)32-22-27-21-26(15-20-31(27)36-32)24-11-16-28(17-12-24)35(2,3)4/h11-22,29,34,36H,6-10,23H2,1-5H3. The van der Waals surface area contributed by atoms with E-state index in [0.717, 1.165) is 40.8 Å². The summed E-state index contributed by atoms with van der Waals surface area (Å²) < 4.78 is 11.5. The summed E-state index contributed by atoms with van der Waals surface area (Å²) in [5.74, 6) is 0.675. The molecule has 1 aliphatic rings. The molecule has 0 amide bonds. The van der Waals surface area contributed by atoms with Gasteiger partial charge in [0.2, 0.25) is 0 Å². The van der Waals surface area contributed by atoms with Gasteiger partial charge < -0.3 is 14.5 Å². The maximum atomic E-state index is 12.4. The van der Waals surface area contributed by atoms with Crippen molar-refractivity contribution in [2.75, 3.05) is 20.2 Å². The minimum absolute atomic E-state index is 0.128. The zero-order chi connectivity index (χ0) is 28.3. The topological polar surface area (TPSA) is 54.6 Å². The molecule has 1 unspecified atom stereocenters. The number of carbonyl (C=O) groups excluding carboxylic acids is 1. The van der Waals surface area contributed by atoms with Gasteiger partial charge in [-0.25, -0.2) is 0 Å². The minimum Gasteiger partial charge on any atom is -0.490 e. The van der Waals surface area contributed by atoms with Gasteiger partial charge in [0.25, 0.3) is 0 Å². The Morgan fingerprint density at radius 3 is 2.27 bits per heavy atom. The van der Waals surface area contributed by atoms with Crippen molar-refractivity contribution >= 4 is 16.9 Å². The lowest BCUT2D eigenvalue weighted by molar-refractivity contribution is -0.144. The van der Waals surface area contributed by atoms with Gasteiger partial charge >= 0.3 is 5.97 Å². The molecule has 1 N–H and O–H groups in total. The van der Waals surface area contributed by atoms with Crippen LogP contribution in [0.1, 0.15) is 76.2 Å². The number of nitrogens with zero attached hydrogens (tertiary/aromatic N) is 1. The molecule has 5 nitrogen and oxygen atoms in total. The first-order valence-electron chi connectivity index (χ1n) is 14.6. The number of hydrogen-bond acceptors (Lipinski definition) is 4. The van der Waals surface area contributed by atoms with Gasteiger partial charge in [-0.15, -0.1) is 0 Å². The summed E-state index contributed by atoms with van der Waals surface area (Å²) in [5, 5.41) is 1.14. The molecular formula is C35H42N2O3. The molecule has 5 heteroatoms. The van der Waals surface area contributed by atoms with Crippen molar-refractivity contribution in [1.82, 2.24) is 9.88 Å². The second-order valence-corrected chi connectivity index (χ2v) is 12.1. The number of likely N-dealkylation sites (N-methyl/N-ethyl adjacent to an activating group) is 1. The molecule has 0 saturated heterocycles. The summed E-state index contributed by atoms with van der Waals surface area (Å²) in [6, 6.07) is 25.8. The monoisotopic (exact) mass is 538 g/mol. The van der Waals surface area contributed by atoms with Crippen LogP contribution in [-0.4, -0.2) is 42.2 Å². The molecule has 1 atom stereocenters. The highest BCUT2D eigenvalue weighted by Gasteiger charge is 2.24. The Balaban J connectivity index is 1.45. The highest BCUT2D eigenvalue weighted by molar-refractivity contribution is 5.86. The van der Waals surface area contributed by atoms with Crippen molar-refractivity contribution < 1.29 is 14.3 Å². The molecule has 210 valence electrons. The van der Waals surface area contributed by atoms with E-state index in [9.17, 15) is 4.79 Å². The molecule has 0 bridgehead atoms. The van der Waals surface area contributed by atoms with E-state index >= 15 is 0 Å². The summed E-state index contributed by atoms with van der Waals surface area (Å²) in [7, 11) is 1.97. The number of aromatic amines is 1. The van der Waals surface area contributed by atoms with Gasteiger partial charge in [-0.3, -0.25) is 9.69 Å². The van der Waals surface area contributed by atoms with Crippen LogP contribution in [0.2, 0.25) is 0 Å². The van der Waals surface area contributed by atoms with Crippen molar-refractivity contribution in [1.29, 1.82) is 0 Å². The lowest BCUT2D eigenvalue weighted by Gasteiger charge is -2.27. The molecule has 0 aliphatic heterocycles. The van der Waals surface area contributed by atoms with Crippen LogP contribution in [0.5, 0.6) is 5.75 Å². The number of H-pyrrole nitrogens is 1. The third-order valence-corrected chi connectivity index (χ3v) is 7.95. The average molecular weight is 539 g/mol. The van der Waals surface area contributed by atoms with Crippen LogP contribution < -0.4 is 4.74 Å². The highest BCUT2D eigenvalue weighted by Crippen LogP contribution is 2.34. The lowest BCUT2D eigenvalue weighted by atomic mass is 9.86. The molecule has 1 aromatic heterocycles. The maximum Gasteiger partial charge on any atom is 0.320 e. The first kappa shape index (κ1) is 28.0. The quantitative estimate of drug-likeness (QED) is 0.219. The van der Waals surface area contributed by atoms with Gasteiger partial charge in [-0.05, 0) is 97.7 Å². The van der Waals surface area contributed by atoms with Gasteiger partial charge in [0, 0.05) is 16.6 Å². The number of ether oxygens (including phenoxy) is 2. The average Bonchev–Trinajstić information content (AvgIpc) is 3.59. The Morgan fingerprint density at radius 1 is 0.950 bits per heavy atom. The lowest BCUT2D eigenvalue weighted by Crippen LogP contribution is -2.32. The highest BCUT2D eigenvalue weighted by atomic mass is 16.5. The molecule has 0 radical (unpaired) electrons. The predicted octanol–water partition coefficient (Wildman–Crippen LogP) is 8.04. The van der Waals surface area contributed by atoms with E-state index in [-0.39, 0.29) is 24.0 Å². The second kappa shape index (κ2) is 11.9. The Morgan fingerprint density at radius 2 is 1.62 bits per heavy atom. The molecule has 3 aromatic carbocycles. The van der Waals surface area contributed by atoms with Crippen LogP contribution in [0, 0.1) is 0 Å².